The topological polar surface area (TPSA) is 105 Å². The predicted octanol–water partition coefficient (Wildman–Crippen LogP) is 3.64. The molecule has 2 heterocycles. The number of rotatable bonds is 8. The average molecular weight is 428 g/mol. The van der Waals surface area contributed by atoms with E-state index in [1.807, 2.05) is 61.1 Å². The van der Waals surface area contributed by atoms with Crippen LogP contribution in [0.2, 0.25) is 0 Å². The van der Waals surface area contributed by atoms with Crippen LogP contribution >= 0.6 is 0 Å². The summed E-state index contributed by atoms with van der Waals surface area (Å²) in [6.07, 6.45) is 7.69. The van der Waals surface area contributed by atoms with Gasteiger partial charge in [0.2, 0.25) is 5.91 Å². The third kappa shape index (κ3) is 4.49. The van der Waals surface area contributed by atoms with E-state index in [1.54, 1.807) is 0 Å². The van der Waals surface area contributed by atoms with Crippen molar-refractivity contribution in [2.75, 3.05) is 7.05 Å². The van der Waals surface area contributed by atoms with Crippen LogP contribution in [0.3, 0.4) is 0 Å². The Morgan fingerprint density at radius 1 is 1.00 bits per heavy atom. The summed E-state index contributed by atoms with van der Waals surface area (Å²) in [5, 5.41) is 14.2. The SMILES string of the molecule is CN(C#N)C(=O)C(Cc1c[nH]c2ccccc12)NC(=O)CCCc1c[nH]c2ccccc12. The molecule has 4 aromatic rings. The molecule has 0 aliphatic heterocycles. The molecule has 7 nitrogen and oxygen atoms in total. The zero-order valence-corrected chi connectivity index (χ0v) is 17.9. The number of likely N-dealkylation sites (N-methyl/N-ethyl adjacent to an activating group) is 1. The number of nitrogens with one attached hydrogen (secondary N) is 3. The summed E-state index contributed by atoms with van der Waals surface area (Å²) >= 11 is 0. The fraction of sp³-hybridized carbons (Fsp3) is 0.240. The molecule has 0 aliphatic rings. The van der Waals surface area contributed by atoms with Crippen LogP contribution in [0.15, 0.2) is 60.9 Å². The first-order valence-corrected chi connectivity index (χ1v) is 10.6. The maximum atomic E-state index is 12.8. The van der Waals surface area contributed by atoms with Gasteiger partial charge in [-0.1, -0.05) is 36.4 Å². The Bertz CT molecular complexity index is 1300. The zero-order chi connectivity index (χ0) is 22.5. The van der Waals surface area contributed by atoms with Crippen LogP contribution in [0.1, 0.15) is 24.0 Å². The molecule has 7 heteroatoms. The number of para-hydroxylation sites is 2. The Morgan fingerprint density at radius 2 is 1.59 bits per heavy atom. The number of aromatic amines is 2. The summed E-state index contributed by atoms with van der Waals surface area (Å²) in [4.78, 5) is 32.8. The molecule has 0 saturated carbocycles. The molecule has 0 spiro atoms. The molecular weight excluding hydrogens is 402 g/mol. The van der Waals surface area contributed by atoms with E-state index in [1.165, 1.54) is 12.6 Å². The molecule has 0 fully saturated rings. The minimum absolute atomic E-state index is 0.200. The largest absolute Gasteiger partial charge is 0.361 e. The average Bonchev–Trinajstić information content (AvgIpc) is 3.42. The smallest absolute Gasteiger partial charge is 0.258 e. The Morgan fingerprint density at radius 3 is 2.25 bits per heavy atom. The number of H-pyrrole nitrogens is 2. The predicted molar refractivity (Wildman–Crippen MR) is 124 cm³/mol. The lowest BCUT2D eigenvalue weighted by molar-refractivity contribution is -0.133. The molecule has 32 heavy (non-hydrogen) atoms. The van der Waals surface area contributed by atoms with E-state index in [2.05, 4.69) is 21.4 Å². The van der Waals surface area contributed by atoms with Crippen molar-refractivity contribution in [2.45, 2.75) is 31.7 Å². The van der Waals surface area contributed by atoms with Gasteiger partial charge in [-0.2, -0.15) is 5.26 Å². The lowest BCUT2D eigenvalue weighted by atomic mass is 10.0. The van der Waals surface area contributed by atoms with Gasteiger partial charge in [-0.25, -0.2) is 0 Å². The van der Waals surface area contributed by atoms with Gasteiger partial charge in [-0.05, 0) is 36.1 Å². The van der Waals surface area contributed by atoms with Crippen molar-refractivity contribution in [2.24, 2.45) is 0 Å². The fourth-order valence-corrected chi connectivity index (χ4v) is 4.05. The second kappa shape index (κ2) is 9.40. The van der Waals surface area contributed by atoms with Gasteiger partial charge < -0.3 is 15.3 Å². The van der Waals surface area contributed by atoms with E-state index in [0.717, 1.165) is 38.7 Å². The second-order valence-electron chi connectivity index (χ2n) is 7.89. The molecule has 4 rings (SSSR count). The first kappa shape index (κ1) is 21.2. The van der Waals surface area contributed by atoms with Crippen molar-refractivity contribution in [3.63, 3.8) is 0 Å². The van der Waals surface area contributed by atoms with E-state index in [0.29, 0.717) is 19.3 Å². The number of aromatic nitrogens is 2. The minimum atomic E-state index is -0.806. The Kier molecular flexibility index (Phi) is 6.22. The number of carbonyl (C=O) groups excluding carboxylic acids is 2. The lowest BCUT2D eigenvalue weighted by Crippen LogP contribution is -2.47. The number of benzene rings is 2. The van der Waals surface area contributed by atoms with E-state index in [-0.39, 0.29) is 5.91 Å². The highest BCUT2D eigenvalue weighted by molar-refractivity contribution is 5.90. The molecule has 2 aromatic heterocycles. The van der Waals surface area contributed by atoms with Crippen LogP contribution in [-0.2, 0) is 22.4 Å². The molecular formula is C25H25N5O2. The third-order valence-electron chi connectivity index (χ3n) is 5.74. The second-order valence-corrected chi connectivity index (χ2v) is 7.89. The fourth-order valence-electron chi connectivity index (χ4n) is 4.05. The molecule has 0 saturated heterocycles. The molecule has 1 unspecified atom stereocenters. The van der Waals surface area contributed by atoms with Gasteiger partial charge in [0.25, 0.3) is 5.91 Å². The maximum absolute atomic E-state index is 12.8. The van der Waals surface area contributed by atoms with Crippen LogP contribution in [-0.4, -0.2) is 39.8 Å². The molecule has 3 N–H and O–H groups in total. The van der Waals surface area contributed by atoms with Gasteiger partial charge in [0.1, 0.15) is 6.04 Å². The van der Waals surface area contributed by atoms with Gasteiger partial charge in [0.15, 0.2) is 6.19 Å². The summed E-state index contributed by atoms with van der Waals surface area (Å²) in [5.41, 5.74) is 4.14. The minimum Gasteiger partial charge on any atom is -0.361 e. The van der Waals surface area contributed by atoms with Crippen molar-refractivity contribution in [3.8, 4) is 6.19 Å². The van der Waals surface area contributed by atoms with Crippen LogP contribution < -0.4 is 5.32 Å². The van der Waals surface area contributed by atoms with E-state index in [9.17, 15) is 9.59 Å². The molecule has 2 amide bonds. The van der Waals surface area contributed by atoms with Crippen LogP contribution in [0.4, 0.5) is 0 Å². The molecule has 162 valence electrons. The molecule has 1 atom stereocenters. The van der Waals surface area contributed by atoms with E-state index >= 15 is 0 Å². The van der Waals surface area contributed by atoms with Gasteiger partial charge >= 0.3 is 0 Å². The van der Waals surface area contributed by atoms with Gasteiger partial charge in [0.05, 0.1) is 0 Å². The van der Waals surface area contributed by atoms with Gasteiger partial charge in [-0.3, -0.25) is 14.5 Å². The van der Waals surface area contributed by atoms with Gasteiger partial charge in [0, 0.05) is 54.1 Å². The Labute approximate surface area is 186 Å². The molecule has 0 radical (unpaired) electrons. The number of aryl methyl sites for hydroxylation is 1. The number of nitriles is 1. The summed E-state index contributed by atoms with van der Waals surface area (Å²) in [6, 6.07) is 15.1. The molecule has 0 aliphatic carbocycles. The van der Waals surface area contributed by atoms with Crippen molar-refractivity contribution in [1.82, 2.24) is 20.2 Å². The first-order valence-electron chi connectivity index (χ1n) is 10.6. The van der Waals surface area contributed by atoms with Crippen molar-refractivity contribution in [1.29, 1.82) is 5.26 Å². The highest BCUT2D eigenvalue weighted by atomic mass is 16.2. The van der Waals surface area contributed by atoms with Crippen LogP contribution in [0.5, 0.6) is 0 Å². The first-order chi connectivity index (χ1) is 15.6. The quantitative estimate of drug-likeness (QED) is 0.295. The summed E-state index contributed by atoms with van der Waals surface area (Å²) in [7, 11) is 1.41. The summed E-state index contributed by atoms with van der Waals surface area (Å²) in [6.45, 7) is 0. The standard InChI is InChI=1S/C25H25N5O2/c1-30(16-26)25(32)23(13-18-15-28-22-11-5-3-9-20(18)22)29-24(31)12-6-7-17-14-27-21-10-4-2-8-19(17)21/h2-5,8-11,14-15,23,27-28H,6-7,12-13H2,1H3,(H,29,31). The Hall–Kier alpha value is -4.05. The maximum Gasteiger partial charge on any atom is 0.258 e. The zero-order valence-electron chi connectivity index (χ0n) is 17.9. The van der Waals surface area contributed by atoms with Gasteiger partial charge in [-0.15, -0.1) is 0 Å². The van der Waals surface area contributed by atoms with E-state index < -0.39 is 11.9 Å². The number of amides is 2. The lowest BCUT2D eigenvalue weighted by Gasteiger charge is -2.20. The number of hydrogen-bond acceptors (Lipinski definition) is 3. The summed E-state index contributed by atoms with van der Waals surface area (Å²) in [5.74, 6) is -0.628. The molecule has 0 bridgehead atoms. The van der Waals surface area contributed by atoms with Crippen LogP contribution in [0.25, 0.3) is 21.8 Å². The molecule has 2 aromatic carbocycles. The number of nitrogens with zero attached hydrogens (tertiary/aromatic N) is 2. The number of hydrogen-bond donors (Lipinski definition) is 3. The van der Waals surface area contributed by atoms with Crippen molar-refractivity contribution < 1.29 is 9.59 Å². The highest BCUT2D eigenvalue weighted by Gasteiger charge is 2.25. The Balaban J connectivity index is 1.41. The summed E-state index contributed by atoms with van der Waals surface area (Å²) < 4.78 is 0. The van der Waals surface area contributed by atoms with Crippen molar-refractivity contribution in [3.05, 3.63) is 72.1 Å². The number of carbonyl (C=O) groups is 2. The monoisotopic (exact) mass is 427 g/mol. The van der Waals surface area contributed by atoms with Crippen LogP contribution in [0, 0.1) is 11.5 Å². The van der Waals surface area contributed by atoms with Crippen molar-refractivity contribution >= 4 is 33.6 Å². The normalized spacial score (nSPS) is 11.9. The highest BCUT2D eigenvalue weighted by Crippen LogP contribution is 2.21. The number of fused-ring (bicyclic) bond motifs is 2. The van der Waals surface area contributed by atoms with E-state index in [4.69, 9.17) is 5.26 Å². The third-order valence-corrected chi connectivity index (χ3v) is 5.74.